The maximum Gasteiger partial charge on any atom is 0.224 e. The van der Waals surface area contributed by atoms with E-state index >= 15 is 0 Å². The number of aryl methyl sites for hydroxylation is 1. The van der Waals surface area contributed by atoms with Crippen molar-refractivity contribution in [2.24, 2.45) is 11.7 Å². The van der Waals surface area contributed by atoms with Gasteiger partial charge >= 0.3 is 0 Å². The average Bonchev–Trinajstić information content (AvgIpc) is 2.69. The second-order valence-electron chi connectivity index (χ2n) is 6.48. The zero-order chi connectivity index (χ0) is 18.9. The van der Waals surface area contributed by atoms with Crippen molar-refractivity contribution in [3.8, 4) is 11.5 Å². The summed E-state index contributed by atoms with van der Waals surface area (Å²) >= 11 is 0. The predicted molar refractivity (Wildman–Crippen MR) is 106 cm³/mol. The van der Waals surface area contributed by atoms with Gasteiger partial charge in [0.05, 0.1) is 20.1 Å². The lowest BCUT2D eigenvalue weighted by Gasteiger charge is -2.32. The number of benzene rings is 1. The maximum absolute atomic E-state index is 12.6. The van der Waals surface area contributed by atoms with E-state index in [0.717, 1.165) is 18.4 Å². The Morgan fingerprint density at radius 3 is 2.48 bits per heavy atom. The van der Waals surface area contributed by atoms with Crippen LogP contribution in [0.15, 0.2) is 18.2 Å². The average molecular weight is 400 g/mol. The fourth-order valence-corrected chi connectivity index (χ4v) is 3.18. The Balaban J connectivity index is 0.00000364. The summed E-state index contributed by atoms with van der Waals surface area (Å²) < 4.78 is 10.5. The molecule has 1 aromatic rings. The molecule has 0 spiro atoms. The van der Waals surface area contributed by atoms with Gasteiger partial charge in [0, 0.05) is 38.7 Å². The lowest BCUT2D eigenvalue weighted by atomic mass is 9.96. The van der Waals surface area contributed by atoms with Crippen LogP contribution in [0.4, 0.5) is 0 Å². The van der Waals surface area contributed by atoms with Crippen LogP contribution in [0.1, 0.15) is 24.8 Å². The molecule has 0 bridgehead atoms. The zero-order valence-corrected chi connectivity index (χ0v) is 16.8. The molecule has 2 rings (SSSR count). The summed E-state index contributed by atoms with van der Waals surface area (Å²) in [6.45, 7) is 2.09. The van der Waals surface area contributed by atoms with Gasteiger partial charge in [-0.25, -0.2) is 0 Å². The molecule has 1 unspecified atom stereocenters. The Labute approximate surface area is 167 Å². The number of ether oxygens (including phenoxy) is 2. The van der Waals surface area contributed by atoms with Crippen molar-refractivity contribution in [1.29, 1.82) is 0 Å². The number of nitrogens with two attached hydrogens (primary N) is 1. The molecule has 1 heterocycles. The van der Waals surface area contributed by atoms with Crippen molar-refractivity contribution in [2.75, 3.05) is 40.4 Å². The van der Waals surface area contributed by atoms with Gasteiger partial charge in [0.1, 0.15) is 11.5 Å². The highest BCUT2D eigenvalue weighted by Crippen LogP contribution is 2.24. The lowest BCUT2D eigenvalue weighted by molar-refractivity contribution is -0.135. The van der Waals surface area contributed by atoms with Crippen molar-refractivity contribution in [2.45, 2.75) is 25.7 Å². The van der Waals surface area contributed by atoms with E-state index in [4.69, 9.17) is 15.2 Å². The van der Waals surface area contributed by atoms with Gasteiger partial charge in [-0.15, -0.1) is 12.4 Å². The number of methoxy groups -OCH3 is 2. The molecule has 2 amide bonds. The molecule has 0 radical (unpaired) electrons. The Bertz CT molecular complexity index is 605. The van der Waals surface area contributed by atoms with Crippen LogP contribution in [-0.4, -0.2) is 57.1 Å². The number of nitrogens with one attached hydrogen (secondary N) is 1. The smallest absolute Gasteiger partial charge is 0.224 e. The number of carbonyl (C=O) groups excluding carboxylic acids is 2. The van der Waals surface area contributed by atoms with E-state index in [9.17, 15) is 9.59 Å². The van der Waals surface area contributed by atoms with Crippen LogP contribution in [-0.2, 0) is 16.0 Å². The molecule has 8 heteroatoms. The number of likely N-dealkylation sites (tertiary alicyclic amines) is 1. The number of nitrogens with zero attached hydrogens (tertiary/aromatic N) is 1. The quantitative estimate of drug-likeness (QED) is 0.688. The molecular weight excluding hydrogens is 370 g/mol. The van der Waals surface area contributed by atoms with Crippen molar-refractivity contribution >= 4 is 24.2 Å². The molecule has 27 heavy (non-hydrogen) atoms. The highest BCUT2D eigenvalue weighted by Gasteiger charge is 2.27. The number of rotatable bonds is 8. The van der Waals surface area contributed by atoms with Crippen molar-refractivity contribution in [1.82, 2.24) is 10.2 Å². The minimum Gasteiger partial charge on any atom is -0.497 e. The van der Waals surface area contributed by atoms with Gasteiger partial charge < -0.3 is 25.4 Å². The second kappa shape index (κ2) is 11.7. The molecule has 0 aromatic heterocycles. The number of halogens is 1. The Kier molecular flexibility index (Phi) is 9.96. The predicted octanol–water partition coefficient (Wildman–Crippen LogP) is 1.37. The molecule has 3 N–H and O–H groups in total. The summed E-state index contributed by atoms with van der Waals surface area (Å²) in [7, 11) is 3.21. The first-order valence-electron chi connectivity index (χ1n) is 9.05. The maximum atomic E-state index is 12.6. The third-order valence-corrected chi connectivity index (χ3v) is 4.63. The third-order valence-electron chi connectivity index (χ3n) is 4.63. The standard InChI is InChI=1S/C19H29N3O4.ClH/c1-25-16-10-14(11-17(12-16)26-2)5-6-18(23)22-9-3-4-15(13-22)19(24)21-8-7-20;/h10-12,15H,3-9,13,20H2,1-2H3,(H,21,24);1H. The van der Waals surface area contributed by atoms with Crippen LogP contribution in [0.25, 0.3) is 0 Å². The van der Waals surface area contributed by atoms with Gasteiger partial charge in [-0.3, -0.25) is 9.59 Å². The Hall–Kier alpha value is -1.99. The summed E-state index contributed by atoms with van der Waals surface area (Å²) in [5.74, 6) is 1.34. The van der Waals surface area contributed by atoms with E-state index in [1.54, 1.807) is 25.2 Å². The minimum absolute atomic E-state index is 0. The number of hydrogen-bond donors (Lipinski definition) is 2. The van der Waals surface area contributed by atoms with Crippen LogP contribution < -0.4 is 20.5 Å². The largest absolute Gasteiger partial charge is 0.497 e. The number of carbonyl (C=O) groups is 2. The highest BCUT2D eigenvalue weighted by atomic mass is 35.5. The van der Waals surface area contributed by atoms with Crippen molar-refractivity contribution < 1.29 is 19.1 Å². The van der Waals surface area contributed by atoms with Gasteiger partial charge in [-0.1, -0.05) is 0 Å². The number of hydrogen-bond acceptors (Lipinski definition) is 5. The molecule has 1 atom stereocenters. The summed E-state index contributed by atoms with van der Waals surface area (Å²) in [5.41, 5.74) is 6.41. The van der Waals surface area contributed by atoms with Gasteiger partial charge in [0.25, 0.3) is 0 Å². The second-order valence-corrected chi connectivity index (χ2v) is 6.48. The summed E-state index contributed by atoms with van der Waals surface area (Å²) in [6, 6.07) is 5.63. The van der Waals surface area contributed by atoms with Crippen LogP contribution in [0, 0.1) is 5.92 Å². The zero-order valence-electron chi connectivity index (χ0n) is 16.0. The molecule has 1 aliphatic heterocycles. The first-order valence-corrected chi connectivity index (χ1v) is 9.05. The topological polar surface area (TPSA) is 93.9 Å². The fourth-order valence-electron chi connectivity index (χ4n) is 3.18. The first kappa shape index (κ1) is 23.0. The minimum atomic E-state index is -0.142. The molecule has 152 valence electrons. The molecule has 7 nitrogen and oxygen atoms in total. The molecule has 1 fully saturated rings. The van der Waals surface area contributed by atoms with Crippen molar-refractivity contribution in [3.05, 3.63) is 23.8 Å². The van der Waals surface area contributed by atoms with Gasteiger partial charge in [0.15, 0.2) is 0 Å². The molecule has 0 saturated carbocycles. The van der Waals surface area contributed by atoms with E-state index in [1.165, 1.54) is 0 Å². The molecule has 1 aromatic carbocycles. The first-order chi connectivity index (χ1) is 12.6. The molecule has 1 saturated heterocycles. The van der Waals surface area contributed by atoms with Gasteiger partial charge in [-0.05, 0) is 37.0 Å². The molecule has 0 aliphatic carbocycles. The van der Waals surface area contributed by atoms with E-state index in [2.05, 4.69) is 5.32 Å². The van der Waals surface area contributed by atoms with E-state index in [0.29, 0.717) is 50.5 Å². The van der Waals surface area contributed by atoms with E-state index in [1.807, 2.05) is 12.1 Å². The summed E-state index contributed by atoms with van der Waals surface area (Å²) in [6.07, 6.45) is 2.66. The highest BCUT2D eigenvalue weighted by molar-refractivity contribution is 5.85. The summed E-state index contributed by atoms with van der Waals surface area (Å²) in [4.78, 5) is 26.5. The van der Waals surface area contributed by atoms with Crippen molar-refractivity contribution in [3.63, 3.8) is 0 Å². The lowest BCUT2D eigenvalue weighted by Crippen LogP contribution is -2.46. The van der Waals surface area contributed by atoms with Gasteiger partial charge in [-0.2, -0.15) is 0 Å². The SMILES string of the molecule is COc1cc(CCC(=O)N2CCCC(C(=O)NCCN)C2)cc(OC)c1.Cl. The monoisotopic (exact) mass is 399 g/mol. The molecule has 1 aliphatic rings. The van der Waals surface area contributed by atoms with Crippen LogP contribution in [0.2, 0.25) is 0 Å². The third kappa shape index (κ3) is 6.92. The number of piperidine rings is 1. The van der Waals surface area contributed by atoms with E-state index < -0.39 is 0 Å². The normalized spacial score (nSPS) is 16.3. The Morgan fingerprint density at radius 2 is 1.89 bits per heavy atom. The van der Waals surface area contributed by atoms with Crippen LogP contribution in [0.3, 0.4) is 0 Å². The van der Waals surface area contributed by atoms with Crippen LogP contribution >= 0.6 is 12.4 Å². The Morgan fingerprint density at radius 1 is 1.22 bits per heavy atom. The fraction of sp³-hybridized carbons (Fsp3) is 0.579. The number of amides is 2. The summed E-state index contributed by atoms with van der Waals surface area (Å²) in [5, 5.41) is 2.82. The molecular formula is C19H30ClN3O4. The van der Waals surface area contributed by atoms with Crippen LogP contribution in [0.5, 0.6) is 11.5 Å². The van der Waals surface area contributed by atoms with Gasteiger partial charge in [0.2, 0.25) is 11.8 Å². The van der Waals surface area contributed by atoms with E-state index in [-0.39, 0.29) is 30.1 Å².